The fourth-order valence-corrected chi connectivity index (χ4v) is 4.69. The maximum atomic E-state index is 12.7. The summed E-state index contributed by atoms with van der Waals surface area (Å²) in [5, 5.41) is 0.393. The van der Waals surface area contributed by atoms with Gasteiger partial charge in [-0.05, 0) is 24.2 Å². The molecule has 0 N–H and O–H groups in total. The molecule has 0 heterocycles. The predicted molar refractivity (Wildman–Crippen MR) is 101 cm³/mol. The van der Waals surface area contributed by atoms with Crippen molar-refractivity contribution >= 4 is 27.5 Å². The van der Waals surface area contributed by atoms with E-state index in [4.69, 9.17) is 29.8 Å². The van der Waals surface area contributed by atoms with E-state index < -0.39 is 21.8 Å². The van der Waals surface area contributed by atoms with Crippen molar-refractivity contribution in [2.45, 2.75) is 44.7 Å². The van der Waals surface area contributed by atoms with Crippen molar-refractivity contribution in [1.29, 1.82) is 0 Å². The van der Waals surface area contributed by atoms with Gasteiger partial charge in [0.15, 0.2) is 5.85 Å². The summed E-state index contributed by atoms with van der Waals surface area (Å²) in [5.74, 6) is -0.371. The molecule has 138 valence electrons. The van der Waals surface area contributed by atoms with Gasteiger partial charge < -0.3 is 18.2 Å². The number of hydrogen-bond acceptors (Lipinski definition) is 5. The highest BCUT2D eigenvalue weighted by atomic mass is 35.5. The number of rotatable bonds is 7. The van der Waals surface area contributed by atoms with Crippen molar-refractivity contribution in [1.82, 2.24) is 0 Å². The van der Waals surface area contributed by atoms with Crippen LogP contribution in [-0.4, -0.2) is 29.6 Å². The Hall–Kier alpha value is -0.363. The summed E-state index contributed by atoms with van der Waals surface area (Å²) in [4.78, 5) is 0. The highest BCUT2D eigenvalue weighted by molar-refractivity contribution is 7.54. The molecule has 0 fully saturated rings. The first-order chi connectivity index (χ1) is 10.9. The van der Waals surface area contributed by atoms with Crippen molar-refractivity contribution in [2.24, 2.45) is 0 Å². The Kier molecular flexibility index (Phi) is 7.13. The molecule has 0 aliphatic carbocycles. The van der Waals surface area contributed by atoms with Crippen LogP contribution in [0.1, 0.15) is 32.2 Å². The molecule has 0 saturated carbocycles. The van der Waals surface area contributed by atoms with Crippen LogP contribution >= 0.6 is 19.2 Å². The summed E-state index contributed by atoms with van der Waals surface area (Å²) in [6.45, 7) is 10.7. The van der Waals surface area contributed by atoms with E-state index >= 15 is 0 Å². The zero-order chi connectivity index (χ0) is 18.8. The number of methoxy groups -OCH3 is 1. The number of halogens is 1. The highest BCUT2D eigenvalue weighted by Crippen LogP contribution is 2.61. The number of ether oxygens (including phenoxy) is 1. The van der Waals surface area contributed by atoms with Crippen LogP contribution in [0, 0.1) is 0 Å². The number of benzene rings is 1. The molecular formula is C16H28ClO5PSi. The molecule has 24 heavy (non-hydrogen) atoms. The summed E-state index contributed by atoms with van der Waals surface area (Å²) < 4.78 is 34.5. The van der Waals surface area contributed by atoms with Crippen LogP contribution in [0.25, 0.3) is 0 Å². The minimum Gasteiger partial charge on any atom is -0.542 e. The highest BCUT2D eigenvalue weighted by Gasteiger charge is 2.41. The van der Waals surface area contributed by atoms with Crippen molar-refractivity contribution in [2.75, 3.05) is 21.3 Å². The van der Waals surface area contributed by atoms with Crippen LogP contribution in [0.15, 0.2) is 18.2 Å². The van der Waals surface area contributed by atoms with E-state index in [1.165, 1.54) is 21.3 Å². The predicted octanol–water partition coefficient (Wildman–Crippen LogP) is 5.85. The smallest absolute Gasteiger partial charge is 0.363 e. The Morgan fingerprint density at radius 1 is 1.12 bits per heavy atom. The molecule has 1 aromatic rings. The van der Waals surface area contributed by atoms with E-state index in [2.05, 4.69) is 33.9 Å². The first-order valence-corrected chi connectivity index (χ1v) is 12.5. The van der Waals surface area contributed by atoms with Gasteiger partial charge in [0.2, 0.25) is 0 Å². The second-order valence-corrected chi connectivity index (χ2v) is 14.4. The Morgan fingerprint density at radius 3 is 2.08 bits per heavy atom. The molecule has 0 saturated heterocycles. The van der Waals surface area contributed by atoms with Gasteiger partial charge in [-0.2, -0.15) is 0 Å². The lowest BCUT2D eigenvalue weighted by atomic mass is 10.2. The molecule has 1 aromatic carbocycles. The molecule has 0 bridgehead atoms. The van der Waals surface area contributed by atoms with Crippen molar-refractivity contribution in [3.63, 3.8) is 0 Å². The van der Waals surface area contributed by atoms with Gasteiger partial charge in [0.1, 0.15) is 5.75 Å². The summed E-state index contributed by atoms with van der Waals surface area (Å²) in [6.07, 6.45) is 0. The molecule has 0 aliphatic rings. The van der Waals surface area contributed by atoms with Crippen molar-refractivity contribution in [3.8, 4) is 5.75 Å². The second-order valence-electron chi connectivity index (χ2n) is 7.01. The standard InChI is InChI=1S/C16H28ClO5PSi/c1-16(2,3)24(7,8)22-13-11-9-10-12(14(13)17)15(19-4)23(18,20-5)21-6/h9-11,15H,1-8H3. The largest absolute Gasteiger partial charge is 0.542 e. The topological polar surface area (TPSA) is 54.0 Å². The minimum atomic E-state index is -3.49. The first-order valence-electron chi connectivity index (χ1n) is 7.65. The third-order valence-corrected chi connectivity index (χ3v) is 11.3. The monoisotopic (exact) mass is 394 g/mol. The lowest BCUT2D eigenvalue weighted by Gasteiger charge is -2.37. The molecule has 0 amide bonds. The van der Waals surface area contributed by atoms with E-state index in [0.717, 1.165) is 0 Å². The zero-order valence-corrected chi connectivity index (χ0v) is 18.3. The first kappa shape index (κ1) is 21.7. The van der Waals surface area contributed by atoms with Crippen LogP contribution in [0.4, 0.5) is 0 Å². The number of hydrogen-bond donors (Lipinski definition) is 0. The Bertz CT molecular complexity index is 607. The molecule has 0 spiro atoms. The molecule has 1 rings (SSSR count). The Balaban J connectivity index is 3.33. The van der Waals surface area contributed by atoms with Crippen molar-refractivity contribution in [3.05, 3.63) is 28.8 Å². The maximum absolute atomic E-state index is 12.7. The SMILES string of the molecule is COC(c1cccc(O[Si](C)(C)C(C)(C)C)c1Cl)P(=O)(OC)OC. The van der Waals surface area contributed by atoms with Gasteiger partial charge in [-0.15, -0.1) is 0 Å². The van der Waals surface area contributed by atoms with Crippen LogP contribution in [0.2, 0.25) is 23.2 Å². The average Bonchev–Trinajstić information content (AvgIpc) is 2.49. The molecule has 8 heteroatoms. The third kappa shape index (κ3) is 4.42. The van der Waals surface area contributed by atoms with Crippen LogP contribution < -0.4 is 4.43 Å². The van der Waals surface area contributed by atoms with E-state index in [-0.39, 0.29) is 5.04 Å². The van der Waals surface area contributed by atoms with Gasteiger partial charge in [0.25, 0.3) is 8.32 Å². The molecule has 1 unspecified atom stereocenters. The fraction of sp³-hybridized carbons (Fsp3) is 0.625. The minimum absolute atomic E-state index is 0.0291. The van der Waals surface area contributed by atoms with Crippen molar-refractivity contribution < 1.29 is 22.8 Å². The lowest BCUT2D eigenvalue weighted by Crippen LogP contribution is -2.44. The van der Waals surface area contributed by atoms with Crippen LogP contribution in [0.5, 0.6) is 5.75 Å². The molecule has 1 atom stereocenters. The lowest BCUT2D eigenvalue weighted by molar-refractivity contribution is 0.123. The molecular weight excluding hydrogens is 367 g/mol. The van der Waals surface area contributed by atoms with E-state index in [1.807, 2.05) is 6.07 Å². The van der Waals surface area contributed by atoms with Crippen LogP contribution in [-0.2, 0) is 18.3 Å². The maximum Gasteiger partial charge on any atom is 0.363 e. The van der Waals surface area contributed by atoms with Gasteiger partial charge in [-0.3, -0.25) is 4.57 Å². The van der Waals surface area contributed by atoms with E-state index in [0.29, 0.717) is 16.3 Å². The summed E-state index contributed by atoms with van der Waals surface area (Å²) in [6, 6.07) is 5.34. The van der Waals surface area contributed by atoms with Gasteiger partial charge in [0, 0.05) is 26.9 Å². The van der Waals surface area contributed by atoms with Gasteiger partial charge >= 0.3 is 7.60 Å². The van der Waals surface area contributed by atoms with E-state index in [1.54, 1.807) is 12.1 Å². The van der Waals surface area contributed by atoms with E-state index in [9.17, 15) is 4.57 Å². The average molecular weight is 395 g/mol. The van der Waals surface area contributed by atoms with Gasteiger partial charge in [-0.25, -0.2) is 0 Å². The summed E-state index contributed by atoms with van der Waals surface area (Å²) in [7, 11) is -1.48. The third-order valence-electron chi connectivity index (χ3n) is 4.45. The summed E-state index contributed by atoms with van der Waals surface area (Å²) in [5.41, 5.74) is 0.516. The Morgan fingerprint density at radius 2 is 1.67 bits per heavy atom. The molecule has 0 radical (unpaired) electrons. The van der Waals surface area contributed by atoms with Gasteiger partial charge in [-0.1, -0.05) is 44.5 Å². The Labute approximate surface area is 151 Å². The molecule has 0 aromatic heterocycles. The fourth-order valence-electron chi connectivity index (χ4n) is 1.92. The normalized spacial score (nSPS) is 14.5. The second kappa shape index (κ2) is 7.90. The quantitative estimate of drug-likeness (QED) is 0.428. The molecule has 0 aliphatic heterocycles. The zero-order valence-electron chi connectivity index (χ0n) is 15.7. The molecule has 5 nitrogen and oxygen atoms in total. The van der Waals surface area contributed by atoms with Gasteiger partial charge in [0.05, 0.1) is 5.02 Å². The summed E-state index contributed by atoms with van der Waals surface area (Å²) >= 11 is 6.54. The van der Waals surface area contributed by atoms with Crippen LogP contribution in [0.3, 0.4) is 0 Å².